The van der Waals surface area contributed by atoms with E-state index < -0.39 is 0 Å². The van der Waals surface area contributed by atoms with Gasteiger partial charge in [0.1, 0.15) is 0 Å². The summed E-state index contributed by atoms with van der Waals surface area (Å²) in [6.07, 6.45) is 0. The number of hydrogen-bond acceptors (Lipinski definition) is 6. The van der Waals surface area contributed by atoms with Gasteiger partial charge in [-0.1, -0.05) is 42.1 Å². The first-order valence-electron chi connectivity index (χ1n) is 7.55. The van der Waals surface area contributed by atoms with Crippen molar-refractivity contribution < 1.29 is 14.0 Å². The van der Waals surface area contributed by atoms with Crippen molar-refractivity contribution in [1.82, 2.24) is 10.2 Å². The number of carbonyl (C=O) groups is 2. The fourth-order valence-electron chi connectivity index (χ4n) is 2.18. The molecule has 2 aromatic carbocycles. The van der Waals surface area contributed by atoms with Gasteiger partial charge in [0.05, 0.1) is 11.4 Å². The van der Waals surface area contributed by atoms with E-state index in [4.69, 9.17) is 4.42 Å². The van der Waals surface area contributed by atoms with Crippen LogP contribution in [0.4, 0.5) is 5.69 Å². The van der Waals surface area contributed by atoms with E-state index in [1.807, 2.05) is 30.3 Å². The third kappa shape index (κ3) is 4.33. The highest BCUT2D eigenvalue weighted by Crippen LogP contribution is 2.23. The van der Waals surface area contributed by atoms with Gasteiger partial charge >= 0.3 is 0 Å². The zero-order chi connectivity index (χ0) is 17.6. The molecule has 1 N–H and O–H groups in total. The highest BCUT2D eigenvalue weighted by molar-refractivity contribution is 7.99. The first-order chi connectivity index (χ1) is 12.1. The minimum Gasteiger partial charge on any atom is -0.411 e. The third-order valence-corrected chi connectivity index (χ3v) is 4.15. The molecule has 0 aliphatic carbocycles. The van der Waals surface area contributed by atoms with E-state index in [1.54, 1.807) is 24.3 Å². The second kappa shape index (κ2) is 7.76. The molecule has 0 atom stereocenters. The Morgan fingerprint density at radius 1 is 1.04 bits per heavy atom. The van der Waals surface area contributed by atoms with Crippen LogP contribution in [-0.4, -0.2) is 27.6 Å². The van der Waals surface area contributed by atoms with Crippen molar-refractivity contribution in [2.45, 2.75) is 12.1 Å². The smallest absolute Gasteiger partial charge is 0.277 e. The van der Waals surface area contributed by atoms with Gasteiger partial charge < -0.3 is 9.73 Å². The lowest BCUT2D eigenvalue weighted by Gasteiger charge is -2.07. The van der Waals surface area contributed by atoms with Crippen molar-refractivity contribution in [3.63, 3.8) is 0 Å². The van der Waals surface area contributed by atoms with Crippen LogP contribution in [0.15, 0.2) is 64.2 Å². The molecule has 0 aliphatic heterocycles. The quantitative estimate of drug-likeness (QED) is 0.537. The summed E-state index contributed by atoms with van der Waals surface area (Å²) in [7, 11) is 0. The molecule has 3 aromatic rings. The van der Waals surface area contributed by atoms with Gasteiger partial charge in [0.2, 0.25) is 11.8 Å². The average molecular weight is 353 g/mol. The molecule has 7 heteroatoms. The Hall–Kier alpha value is -2.93. The molecule has 0 fully saturated rings. The second-order valence-corrected chi connectivity index (χ2v) is 6.10. The zero-order valence-corrected chi connectivity index (χ0v) is 14.2. The molecule has 0 spiro atoms. The second-order valence-electron chi connectivity index (χ2n) is 5.18. The van der Waals surface area contributed by atoms with Gasteiger partial charge in [-0.2, -0.15) is 0 Å². The monoisotopic (exact) mass is 353 g/mol. The van der Waals surface area contributed by atoms with Crippen LogP contribution >= 0.6 is 11.8 Å². The summed E-state index contributed by atoms with van der Waals surface area (Å²) in [6.45, 7) is 1.46. The van der Waals surface area contributed by atoms with Crippen molar-refractivity contribution in [3.05, 3.63) is 60.2 Å². The number of nitrogens with one attached hydrogen (secondary N) is 1. The number of hydrogen-bond donors (Lipinski definition) is 1. The highest BCUT2D eigenvalue weighted by Gasteiger charge is 2.13. The summed E-state index contributed by atoms with van der Waals surface area (Å²) in [5.41, 5.74) is 1.79. The fraction of sp³-hybridized carbons (Fsp3) is 0.111. The number of aromatic nitrogens is 2. The molecule has 1 aromatic heterocycles. The van der Waals surface area contributed by atoms with E-state index in [0.29, 0.717) is 22.4 Å². The van der Waals surface area contributed by atoms with E-state index in [1.165, 1.54) is 6.92 Å². The van der Waals surface area contributed by atoms with Crippen molar-refractivity contribution in [2.75, 3.05) is 11.1 Å². The molecule has 0 aliphatic rings. The highest BCUT2D eigenvalue weighted by atomic mass is 32.2. The predicted molar refractivity (Wildman–Crippen MR) is 95.5 cm³/mol. The maximum Gasteiger partial charge on any atom is 0.277 e. The van der Waals surface area contributed by atoms with Crippen LogP contribution in [0.2, 0.25) is 0 Å². The number of anilines is 1. The van der Waals surface area contributed by atoms with Gasteiger partial charge in [-0.25, -0.2) is 0 Å². The Balaban J connectivity index is 1.60. The Morgan fingerprint density at radius 3 is 2.52 bits per heavy atom. The summed E-state index contributed by atoms with van der Waals surface area (Å²) in [4.78, 5) is 23.7. The number of benzene rings is 2. The lowest BCUT2D eigenvalue weighted by molar-refractivity contribution is -0.113. The maximum atomic E-state index is 12.1. The molecule has 0 saturated carbocycles. The van der Waals surface area contributed by atoms with E-state index in [2.05, 4.69) is 15.5 Å². The largest absolute Gasteiger partial charge is 0.411 e. The molecule has 0 radical (unpaired) electrons. The van der Waals surface area contributed by atoms with Gasteiger partial charge in [-0.05, 0) is 31.2 Å². The Bertz CT molecular complexity index is 893. The van der Waals surface area contributed by atoms with Crippen LogP contribution in [-0.2, 0) is 4.79 Å². The Kier molecular flexibility index (Phi) is 5.25. The topological polar surface area (TPSA) is 85.1 Å². The van der Waals surface area contributed by atoms with Crippen LogP contribution in [0.3, 0.4) is 0 Å². The molecular weight excluding hydrogens is 338 g/mol. The first kappa shape index (κ1) is 16.9. The zero-order valence-electron chi connectivity index (χ0n) is 13.4. The summed E-state index contributed by atoms with van der Waals surface area (Å²) in [5, 5.41) is 10.9. The van der Waals surface area contributed by atoms with Gasteiger partial charge in [-0.3, -0.25) is 9.59 Å². The Labute approximate surface area is 148 Å². The van der Waals surface area contributed by atoms with Crippen molar-refractivity contribution >= 4 is 29.1 Å². The number of para-hydroxylation sites is 1. The molecule has 1 amide bonds. The minimum absolute atomic E-state index is 0.0999. The lowest BCUT2D eigenvalue weighted by atomic mass is 10.1. The fourth-order valence-corrected chi connectivity index (χ4v) is 2.74. The number of amides is 1. The molecule has 1 heterocycles. The van der Waals surface area contributed by atoms with E-state index in [-0.39, 0.29) is 17.4 Å². The van der Waals surface area contributed by atoms with E-state index in [9.17, 15) is 9.59 Å². The van der Waals surface area contributed by atoms with Crippen molar-refractivity contribution in [1.29, 1.82) is 0 Å². The first-order valence-corrected chi connectivity index (χ1v) is 8.53. The van der Waals surface area contributed by atoms with Gasteiger partial charge in [0.15, 0.2) is 5.78 Å². The molecule has 126 valence electrons. The summed E-state index contributed by atoms with van der Waals surface area (Å²) < 4.78 is 5.54. The van der Waals surface area contributed by atoms with Crippen molar-refractivity contribution in [2.24, 2.45) is 0 Å². The van der Waals surface area contributed by atoms with Crippen LogP contribution in [0.5, 0.6) is 0 Å². The lowest BCUT2D eigenvalue weighted by Crippen LogP contribution is -2.16. The summed E-state index contributed by atoms with van der Waals surface area (Å²) in [5.74, 6) is 0.152. The normalized spacial score (nSPS) is 10.4. The number of thioether (sulfide) groups is 1. The Morgan fingerprint density at radius 2 is 1.76 bits per heavy atom. The number of rotatable bonds is 6. The standard InChI is InChI=1S/C18H15N3O3S/c1-12(22)14-9-5-6-10-15(14)19-16(23)11-25-18-21-20-17(24-18)13-7-3-2-4-8-13/h2-10H,11H2,1H3,(H,19,23). The molecule has 0 bridgehead atoms. The van der Waals surface area contributed by atoms with Gasteiger partial charge in [-0.15, -0.1) is 10.2 Å². The van der Waals surface area contributed by atoms with Crippen molar-refractivity contribution in [3.8, 4) is 11.5 Å². The van der Waals surface area contributed by atoms with E-state index in [0.717, 1.165) is 17.3 Å². The molecule has 3 rings (SSSR count). The number of carbonyl (C=O) groups excluding carboxylic acids is 2. The molecule has 25 heavy (non-hydrogen) atoms. The van der Waals surface area contributed by atoms with Crippen LogP contribution in [0.1, 0.15) is 17.3 Å². The van der Waals surface area contributed by atoms with Crippen LogP contribution in [0.25, 0.3) is 11.5 Å². The summed E-state index contributed by atoms with van der Waals surface area (Å²) in [6, 6.07) is 16.3. The summed E-state index contributed by atoms with van der Waals surface area (Å²) >= 11 is 1.14. The molecule has 6 nitrogen and oxygen atoms in total. The minimum atomic E-state index is -0.252. The van der Waals surface area contributed by atoms with Crippen LogP contribution in [0, 0.1) is 0 Å². The van der Waals surface area contributed by atoms with Crippen LogP contribution < -0.4 is 5.32 Å². The van der Waals surface area contributed by atoms with Gasteiger partial charge in [0.25, 0.3) is 5.22 Å². The van der Waals surface area contributed by atoms with E-state index >= 15 is 0 Å². The number of Topliss-reactive ketones (excluding diaryl/α,β-unsaturated/α-hetero) is 1. The predicted octanol–water partition coefficient (Wildman–Crippen LogP) is 3.67. The maximum absolute atomic E-state index is 12.1. The number of ketones is 1. The molecular formula is C18H15N3O3S. The number of nitrogens with zero attached hydrogens (tertiary/aromatic N) is 2. The molecule has 0 saturated heterocycles. The average Bonchev–Trinajstić information content (AvgIpc) is 3.10. The molecule has 0 unspecified atom stereocenters. The SMILES string of the molecule is CC(=O)c1ccccc1NC(=O)CSc1nnc(-c2ccccc2)o1. The third-order valence-electron chi connectivity index (χ3n) is 3.33. The van der Waals surface area contributed by atoms with Gasteiger partial charge in [0, 0.05) is 11.1 Å².